The summed E-state index contributed by atoms with van der Waals surface area (Å²) in [4.78, 5) is 20.2. The predicted molar refractivity (Wildman–Crippen MR) is 160 cm³/mol. The monoisotopic (exact) mass is 582 g/mol. The molecule has 1 aromatic heterocycles. The second-order valence-corrected chi connectivity index (χ2v) is 14.2. The molecule has 9 heteroatoms. The number of nitrogens with one attached hydrogen (secondary N) is 1. The van der Waals surface area contributed by atoms with Gasteiger partial charge in [-0.3, -0.25) is 9.36 Å². The first-order chi connectivity index (χ1) is 18.4. The fourth-order valence-electron chi connectivity index (χ4n) is 5.75. The van der Waals surface area contributed by atoms with E-state index < -0.39 is 15.7 Å². The first-order valence-corrected chi connectivity index (χ1v) is 14.9. The summed E-state index contributed by atoms with van der Waals surface area (Å²) in [7, 11) is -1.24. The second-order valence-electron chi connectivity index (χ2n) is 11.4. The highest BCUT2D eigenvalue weighted by Gasteiger charge is 2.49. The van der Waals surface area contributed by atoms with Gasteiger partial charge < -0.3 is 4.90 Å². The first-order valence-electron chi connectivity index (χ1n) is 13.0. The zero-order valence-corrected chi connectivity index (χ0v) is 24.9. The molecule has 1 aliphatic carbocycles. The highest BCUT2D eigenvalue weighted by molar-refractivity contribution is 7.84. The third kappa shape index (κ3) is 5.16. The minimum absolute atomic E-state index is 0.0734. The molecule has 0 saturated carbocycles. The number of benzene rings is 2. The Kier molecular flexibility index (Phi) is 7.45. The molecule has 1 fully saturated rings. The van der Waals surface area contributed by atoms with Crippen molar-refractivity contribution in [1.29, 1.82) is 0 Å². The van der Waals surface area contributed by atoms with Gasteiger partial charge in [-0.1, -0.05) is 41.3 Å². The van der Waals surface area contributed by atoms with Crippen molar-refractivity contribution in [3.8, 4) is 18.0 Å². The number of terminal acetylenes is 1. The van der Waals surface area contributed by atoms with Crippen LogP contribution in [0.15, 0.2) is 47.3 Å². The Bertz CT molecular complexity index is 1560. The van der Waals surface area contributed by atoms with E-state index in [1.54, 1.807) is 31.2 Å². The Balaban J connectivity index is 1.43. The van der Waals surface area contributed by atoms with Crippen molar-refractivity contribution in [2.75, 3.05) is 18.0 Å². The molecule has 204 valence electrons. The highest BCUT2D eigenvalue weighted by Crippen LogP contribution is 2.52. The van der Waals surface area contributed by atoms with Gasteiger partial charge in [-0.25, -0.2) is 13.9 Å². The molecule has 1 N–H and O–H groups in total. The molecule has 2 atom stereocenters. The molecule has 1 aliphatic heterocycles. The van der Waals surface area contributed by atoms with Crippen LogP contribution in [0.3, 0.4) is 0 Å². The van der Waals surface area contributed by atoms with E-state index in [2.05, 4.69) is 27.7 Å². The van der Waals surface area contributed by atoms with Gasteiger partial charge in [-0.2, -0.15) is 0 Å². The Labute approximate surface area is 242 Å². The van der Waals surface area contributed by atoms with Crippen molar-refractivity contribution in [3.05, 3.63) is 85.4 Å². The number of piperidine rings is 1. The van der Waals surface area contributed by atoms with E-state index >= 15 is 0 Å². The fraction of sp³-hybridized carbons (Fsp3) is 0.400. The number of anilines is 1. The van der Waals surface area contributed by atoms with Crippen molar-refractivity contribution >= 4 is 40.0 Å². The summed E-state index contributed by atoms with van der Waals surface area (Å²) < 4.78 is 17.8. The summed E-state index contributed by atoms with van der Waals surface area (Å²) in [6, 6.07) is 12.9. The van der Waals surface area contributed by atoms with Crippen LogP contribution in [0.4, 0.5) is 5.82 Å². The topological polar surface area (TPSA) is 67.2 Å². The molecular formula is C30H32Cl2N4O2S. The third-order valence-electron chi connectivity index (χ3n) is 7.89. The highest BCUT2D eigenvalue weighted by atomic mass is 35.5. The van der Waals surface area contributed by atoms with Crippen LogP contribution in [-0.4, -0.2) is 31.6 Å². The van der Waals surface area contributed by atoms with Crippen LogP contribution in [0.1, 0.15) is 62.2 Å². The van der Waals surface area contributed by atoms with E-state index in [1.165, 1.54) is 10.1 Å². The predicted octanol–water partition coefficient (Wildman–Crippen LogP) is 5.76. The van der Waals surface area contributed by atoms with Gasteiger partial charge in [0.2, 0.25) is 0 Å². The standard InChI is InChI=1S/C30H32Cl2N4O2S/c1-6-20-10-11-21-18-30(28(22(21)16-20)34-39(38)29(3,4)5)12-14-35(15-13-30)25-17-26(37)36(19(2)33-25)24-9-7-8-23(31)27(24)32/h1,7-11,16-17,28,34H,12-15,18H2,2-5H3/t28-,39-/m1/s1. The largest absolute Gasteiger partial charge is 0.356 e. The minimum atomic E-state index is -1.24. The van der Waals surface area contributed by atoms with E-state index in [9.17, 15) is 9.00 Å². The molecule has 1 saturated heterocycles. The van der Waals surface area contributed by atoms with Gasteiger partial charge in [0.05, 0.1) is 37.5 Å². The molecule has 0 bridgehead atoms. The molecule has 2 aromatic carbocycles. The smallest absolute Gasteiger partial charge is 0.260 e. The summed E-state index contributed by atoms with van der Waals surface area (Å²) in [5, 5.41) is 0.701. The maximum absolute atomic E-state index is 13.2. The molecule has 2 aliphatic rings. The summed E-state index contributed by atoms with van der Waals surface area (Å²) >= 11 is 12.6. The Morgan fingerprint density at radius 1 is 1.15 bits per heavy atom. The number of hydrogen-bond donors (Lipinski definition) is 1. The van der Waals surface area contributed by atoms with E-state index in [-0.39, 0.29) is 17.0 Å². The number of rotatable bonds is 4. The van der Waals surface area contributed by atoms with Gasteiger partial charge in [0.25, 0.3) is 5.56 Å². The van der Waals surface area contributed by atoms with Crippen LogP contribution in [0.2, 0.25) is 10.0 Å². The second kappa shape index (κ2) is 10.4. The van der Waals surface area contributed by atoms with Crippen molar-refractivity contribution in [3.63, 3.8) is 0 Å². The molecule has 5 rings (SSSR count). The fourth-order valence-corrected chi connectivity index (χ4v) is 7.07. The molecule has 0 unspecified atom stereocenters. The van der Waals surface area contributed by atoms with Crippen molar-refractivity contribution in [2.45, 2.75) is 57.7 Å². The quantitative estimate of drug-likeness (QED) is 0.397. The van der Waals surface area contributed by atoms with Gasteiger partial charge in [-0.05, 0) is 87.8 Å². The Hall–Kier alpha value is -2.63. The number of fused-ring (bicyclic) bond motifs is 1. The lowest BCUT2D eigenvalue weighted by atomic mass is 9.73. The Morgan fingerprint density at radius 2 is 1.87 bits per heavy atom. The average Bonchev–Trinajstić information content (AvgIpc) is 3.17. The molecule has 1 spiro atoms. The third-order valence-corrected chi connectivity index (χ3v) is 10.3. The molecule has 2 heterocycles. The van der Waals surface area contributed by atoms with Crippen LogP contribution >= 0.6 is 23.2 Å². The molecule has 0 radical (unpaired) electrons. The molecule has 39 heavy (non-hydrogen) atoms. The molecule has 6 nitrogen and oxygen atoms in total. The van der Waals surface area contributed by atoms with Gasteiger partial charge in [-0.15, -0.1) is 6.42 Å². The molecule has 0 amide bonds. The summed E-state index contributed by atoms with van der Waals surface area (Å²) in [6.45, 7) is 9.18. The van der Waals surface area contributed by atoms with Crippen molar-refractivity contribution < 1.29 is 4.21 Å². The summed E-state index contributed by atoms with van der Waals surface area (Å²) in [5.41, 5.74) is 3.42. The lowest BCUT2D eigenvalue weighted by Gasteiger charge is -2.44. The van der Waals surface area contributed by atoms with Gasteiger partial charge >= 0.3 is 0 Å². The number of aryl methyl sites for hydroxylation is 1. The van der Waals surface area contributed by atoms with Crippen LogP contribution in [-0.2, 0) is 17.4 Å². The lowest BCUT2D eigenvalue weighted by Crippen LogP contribution is -2.48. The number of hydrogen-bond acceptors (Lipinski definition) is 4. The molecular weight excluding hydrogens is 551 g/mol. The maximum Gasteiger partial charge on any atom is 0.260 e. The zero-order chi connectivity index (χ0) is 28.1. The number of nitrogens with zero attached hydrogens (tertiary/aromatic N) is 3. The Morgan fingerprint density at radius 3 is 2.51 bits per heavy atom. The number of aromatic nitrogens is 2. The van der Waals surface area contributed by atoms with E-state index in [1.807, 2.05) is 26.8 Å². The van der Waals surface area contributed by atoms with Gasteiger partial charge in [0, 0.05) is 24.7 Å². The van der Waals surface area contributed by atoms with Crippen LogP contribution in [0, 0.1) is 24.7 Å². The molecule has 3 aromatic rings. The van der Waals surface area contributed by atoms with E-state index in [0.29, 0.717) is 27.4 Å². The van der Waals surface area contributed by atoms with Gasteiger partial charge in [0.1, 0.15) is 11.6 Å². The summed E-state index contributed by atoms with van der Waals surface area (Å²) in [5.74, 6) is 3.93. The van der Waals surface area contributed by atoms with Crippen molar-refractivity contribution in [1.82, 2.24) is 14.3 Å². The maximum atomic E-state index is 13.2. The van der Waals surface area contributed by atoms with Crippen molar-refractivity contribution in [2.24, 2.45) is 5.41 Å². The minimum Gasteiger partial charge on any atom is -0.356 e. The van der Waals surface area contributed by atoms with E-state index in [0.717, 1.165) is 43.5 Å². The first kappa shape index (κ1) is 27.9. The average molecular weight is 584 g/mol. The van der Waals surface area contributed by atoms with Gasteiger partial charge in [0.15, 0.2) is 0 Å². The van der Waals surface area contributed by atoms with E-state index in [4.69, 9.17) is 34.6 Å². The summed E-state index contributed by atoms with van der Waals surface area (Å²) in [6.07, 6.45) is 8.32. The lowest BCUT2D eigenvalue weighted by molar-refractivity contribution is 0.177. The van der Waals surface area contributed by atoms with Crippen LogP contribution < -0.4 is 15.2 Å². The SMILES string of the molecule is C#Cc1ccc2c(c1)[C@@H](N[S@](=O)C(C)(C)C)C1(CCN(c3cc(=O)n(-c4cccc(Cl)c4Cl)c(C)n3)CC1)C2. The number of halogens is 2. The van der Waals surface area contributed by atoms with Crippen LogP contribution in [0.5, 0.6) is 0 Å². The van der Waals surface area contributed by atoms with Crippen LogP contribution in [0.25, 0.3) is 5.69 Å². The zero-order valence-electron chi connectivity index (χ0n) is 22.6. The normalized spacial score (nSPS) is 19.1.